The number of hydrogen-bond acceptors (Lipinski definition) is 5. The maximum absolute atomic E-state index is 5.79. The van der Waals surface area contributed by atoms with Gasteiger partial charge in [0.25, 0.3) is 0 Å². The Bertz CT molecular complexity index is 626. The molecule has 0 aliphatic carbocycles. The highest BCUT2D eigenvalue weighted by atomic mass is 16.5. The van der Waals surface area contributed by atoms with Gasteiger partial charge in [-0.05, 0) is 38.0 Å². The van der Waals surface area contributed by atoms with E-state index in [0.29, 0.717) is 0 Å². The fourth-order valence-electron chi connectivity index (χ4n) is 2.96. The Hall–Kier alpha value is -1.85. The lowest BCUT2D eigenvalue weighted by Gasteiger charge is -2.24. The first-order valence-corrected chi connectivity index (χ1v) is 7.61. The van der Waals surface area contributed by atoms with Crippen LogP contribution in [0.5, 0.6) is 5.75 Å². The van der Waals surface area contributed by atoms with E-state index in [9.17, 15) is 0 Å². The number of nitrogens with zero attached hydrogens (tertiary/aromatic N) is 1. The van der Waals surface area contributed by atoms with Crippen molar-refractivity contribution in [3.63, 3.8) is 0 Å². The van der Waals surface area contributed by atoms with Crippen LogP contribution in [0.3, 0.4) is 0 Å². The van der Waals surface area contributed by atoms with Crippen LogP contribution in [-0.2, 0) is 11.2 Å². The van der Waals surface area contributed by atoms with E-state index in [1.807, 2.05) is 19.9 Å². The summed E-state index contributed by atoms with van der Waals surface area (Å²) in [5, 5.41) is 7.41. The average Bonchev–Trinajstić information content (AvgIpc) is 2.87. The molecule has 2 aromatic rings. The summed E-state index contributed by atoms with van der Waals surface area (Å²) in [7, 11) is 1.69. The van der Waals surface area contributed by atoms with Gasteiger partial charge >= 0.3 is 0 Å². The summed E-state index contributed by atoms with van der Waals surface area (Å²) in [6, 6.07) is 6.26. The molecule has 1 unspecified atom stereocenters. The fourth-order valence-corrected chi connectivity index (χ4v) is 2.96. The lowest BCUT2D eigenvalue weighted by atomic mass is 9.98. The third-order valence-corrected chi connectivity index (χ3v) is 4.03. The van der Waals surface area contributed by atoms with Crippen LogP contribution in [-0.4, -0.2) is 38.1 Å². The summed E-state index contributed by atoms with van der Waals surface area (Å²) in [6.45, 7) is 6.48. The summed E-state index contributed by atoms with van der Waals surface area (Å²) in [4.78, 5) is 0. The van der Waals surface area contributed by atoms with Crippen LogP contribution in [0.4, 0.5) is 0 Å². The number of ether oxygens (including phenoxy) is 2. The molecular weight excluding hydrogens is 280 g/mol. The van der Waals surface area contributed by atoms with Crippen molar-refractivity contribution in [3.8, 4) is 16.9 Å². The lowest BCUT2D eigenvalue weighted by Crippen LogP contribution is -2.39. The van der Waals surface area contributed by atoms with Gasteiger partial charge in [0.05, 0.1) is 31.1 Å². The number of rotatable bonds is 4. The second-order valence-corrected chi connectivity index (χ2v) is 5.63. The van der Waals surface area contributed by atoms with Crippen LogP contribution in [0.2, 0.25) is 0 Å². The number of nitrogens with one attached hydrogen (secondary N) is 1. The van der Waals surface area contributed by atoms with E-state index < -0.39 is 0 Å². The maximum atomic E-state index is 5.79. The Balaban J connectivity index is 1.92. The van der Waals surface area contributed by atoms with E-state index in [1.165, 1.54) is 5.56 Å². The second kappa shape index (κ2) is 6.50. The molecule has 1 N–H and O–H groups in total. The van der Waals surface area contributed by atoms with E-state index in [-0.39, 0.29) is 6.10 Å². The van der Waals surface area contributed by atoms with Crippen molar-refractivity contribution in [2.45, 2.75) is 26.4 Å². The number of aryl methyl sites for hydroxylation is 2. The first-order valence-electron chi connectivity index (χ1n) is 7.61. The van der Waals surface area contributed by atoms with Crippen molar-refractivity contribution in [1.29, 1.82) is 0 Å². The molecule has 0 spiro atoms. The highest BCUT2D eigenvalue weighted by molar-refractivity contribution is 5.74. The summed E-state index contributed by atoms with van der Waals surface area (Å²) >= 11 is 0. The summed E-state index contributed by atoms with van der Waals surface area (Å²) < 4.78 is 16.6. The van der Waals surface area contributed by atoms with Crippen molar-refractivity contribution in [2.75, 3.05) is 26.8 Å². The van der Waals surface area contributed by atoms with Gasteiger partial charge < -0.3 is 19.3 Å². The van der Waals surface area contributed by atoms with Crippen molar-refractivity contribution in [2.24, 2.45) is 0 Å². The minimum atomic E-state index is 0.222. The number of benzene rings is 1. The van der Waals surface area contributed by atoms with Crippen LogP contribution >= 0.6 is 0 Å². The Labute approximate surface area is 130 Å². The molecule has 1 aliphatic rings. The summed E-state index contributed by atoms with van der Waals surface area (Å²) in [6.07, 6.45) is 1.10. The first kappa shape index (κ1) is 15.1. The third-order valence-electron chi connectivity index (χ3n) is 4.03. The molecule has 1 aromatic carbocycles. The van der Waals surface area contributed by atoms with Crippen LogP contribution in [0.25, 0.3) is 11.1 Å². The normalized spacial score (nSPS) is 18.4. The van der Waals surface area contributed by atoms with Gasteiger partial charge in [0.15, 0.2) is 0 Å². The molecule has 0 radical (unpaired) electrons. The Morgan fingerprint density at radius 2 is 2.23 bits per heavy atom. The minimum absolute atomic E-state index is 0.222. The molecule has 0 bridgehead atoms. The number of morpholine rings is 1. The fraction of sp³-hybridized carbons (Fsp3) is 0.471. The number of hydrogen-bond donors (Lipinski definition) is 1. The van der Waals surface area contributed by atoms with Crippen LogP contribution in [0.15, 0.2) is 22.7 Å². The van der Waals surface area contributed by atoms with E-state index >= 15 is 0 Å². The standard InChI is InChI=1S/C17H22N2O3/c1-11-17(12(2)22-19-11)15-9-13(4-5-16(15)20-3)8-14-10-18-6-7-21-14/h4-5,9,14,18H,6-8,10H2,1-3H3. The molecule has 118 valence electrons. The topological polar surface area (TPSA) is 56.5 Å². The number of aromatic nitrogens is 1. The molecule has 1 saturated heterocycles. The zero-order valence-corrected chi connectivity index (χ0v) is 13.3. The van der Waals surface area contributed by atoms with Gasteiger partial charge in [-0.2, -0.15) is 0 Å². The van der Waals surface area contributed by atoms with Gasteiger partial charge in [0.1, 0.15) is 11.5 Å². The van der Waals surface area contributed by atoms with Gasteiger partial charge in [-0.3, -0.25) is 0 Å². The molecule has 5 heteroatoms. The van der Waals surface area contributed by atoms with Crippen LogP contribution in [0.1, 0.15) is 17.0 Å². The molecule has 5 nitrogen and oxygen atoms in total. The Morgan fingerprint density at radius 3 is 2.86 bits per heavy atom. The first-order chi connectivity index (χ1) is 10.7. The molecule has 1 fully saturated rings. The predicted octanol–water partition coefficient (Wildman–Crippen LogP) is 2.50. The minimum Gasteiger partial charge on any atom is -0.496 e. The second-order valence-electron chi connectivity index (χ2n) is 5.63. The van der Waals surface area contributed by atoms with E-state index in [4.69, 9.17) is 14.0 Å². The van der Waals surface area contributed by atoms with Crippen LogP contribution in [0, 0.1) is 13.8 Å². The zero-order valence-electron chi connectivity index (χ0n) is 13.3. The predicted molar refractivity (Wildman–Crippen MR) is 84.3 cm³/mol. The van der Waals surface area contributed by atoms with Crippen molar-refractivity contribution in [3.05, 3.63) is 35.2 Å². The van der Waals surface area contributed by atoms with Gasteiger partial charge in [-0.25, -0.2) is 0 Å². The van der Waals surface area contributed by atoms with Crippen LogP contribution < -0.4 is 10.1 Å². The van der Waals surface area contributed by atoms with Gasteiger partial charge in [0.2, 0.25) is 0 Å². The summed E-state index contributed by atoms with van der Waals surface area (Å²) in [5.41, 5.74) is 4.15. The highest BCUT2D eigenvalue weighted by Gasteiger charge is 2.19. The molecule has 1 aromatic heterocycles. The van der Waals surface area contributed by atoms with E-state index in [1.54, 1.807) is 7.11 Å². The summed E-state index contributed by atoms with van der Waals surface area (Å²) in [5.74, 6) is 1.64. The smallest absolute Gasteiger partial charge is 0.141 e. The number of methoxy groups -OCH3 is 1. The monoisotopic (exact) mass is 302 g/mol. The molecule has 3 rings (SSSR count). The van der Waals surface area contributed by atoms with Crippen molar-refractivity contribution >= 4 is 0 Å². The highest BCUT2D eigenvalue weighted by Crippen LogP contribution is 2.35. The molecule has 0 saturated carbocycles. The Morgan fingerprint density at radius 1 is 1.36 bits per heavy atom. The SMILES string of the molecule is COc1ccc(CC2CNCCO2)cc1-c1c(C)noc1C. The molecule has 1 aliphatic heterocycles. The molecule has 0 amide bonds. The Kier molecular flexibility index (Phi) is 4.45. The van der Waals surface area contributed by atoms with Crippen molar-refractivity contribution in [1.82, 2.24) is 10.5 Å². The van der Waals surface area contributed by atoms with Crippen molar-refractivity contribution < 1.29 is 14.0 Å². The molecule has 1 atom stereocenters. The average molecular weight is 302 g/mol. The van der Waals surface area contributed by atoms with E-state index in [0.717, 1.165) is 54.4 Å². The zero-order chi connectivity index (χ0) is 15.5. The van der Waals surface area contributed by atoms with Gasteiger partial charge in [-0.15, -0.1) is 0 Å². The lowest BCUT2D eigenvalue weighted by molar-refractivity contribution is 0.0292. The van der Waals surface area contributed by atoms with Gasteiger partial charge in [0, 0.05) is 18.7 Å². The van der Waals surface area contributed by atoms with E-state index in [2.05, 4.69) is 22.6 Å². The molecular formula is C17H22N2O3. The largest absolute Gasteiger partial charge is 0.496 e. The third kappa shape index (κ3) is 3.00. The molecule has 22 heavy (non-hydrogen) atoms. The quantitative estimate of drug-likeness (QED) is 0.940. The molecule has 2 heterocycles. The van der Waals surface area contributed by atoms with Gasteiger partial charge in [-0.1, -0.05) is 11.2 Å². The maximum Gasteiger partial charge on any atom is 0.141 e.